The van der Waals surface area contributed by atoms with Crippen LogP contribution < -0.4 is 10.6 Å². The van der Waals surface area contributed by atoms with E-state index in [4.69, 9.17) is 0 Å². The van der Waals surface area contributed by atoms with Crippen molar-refractivity contribution in [2.24, 2.45) is 0 Å². The number of fused-ring (bicyclic) bond motifs is 1. The number of aromatic nitrogens is 3. The van der Waals surface area contributed by atoms with Gasteiger partial charge in [0.25, 0.3) is 0 Å². The number of hydrogen-bond donors (Lipinski definition) is 2. The van der Waals surface area contributed by atoms with Crippen molar-refractivity contribution in [2.45, 2.75) is 39.3 Å². The van der Waals surface area contributed by atoms with Crippen molar-refractivity contribution < 1.29 is 4.79 Å². The third-order valence-electron chi connectivity index (χ3n) is 3.09. The Kier molecular flexibility index (Phi) is 4.45. The van der Waals surface area contributed by atoms with Gasteiger partial charge in [-0.05, 0) is 32.4 Å². The van der Waals surface area contributed by atoms with Gasteiger partial charge < -0.3 is 10.6 Å². The zero-order chi connectivity index (χ0) is 14.5. The fraction of sp³-hybridized carbons (Fsp3) is 0.429. The van der Waals surface area contributed by atoms with Crippen LogP contribution in [0.15, 0.2) is 24.5 Å². The van der Waals surface area contributed by atoms with Gasteiger partial charge >= 0.3 is 0 Å². The molecule has 1 amide bonds. The highest BCUT2D eigenvalue weighted by Crippen LogP contribution is 2.11. The predicted molar refractivity (Wildman–Crippen MR) is 78.3 cm³/mol. The zero-order valence-electron chi connectivity index (χ0n) is 11.9. The summed E-state index contributed by atoms with van der Waals surface area (Å²) in [5.41, 5.74) is 1.29. The van der Waals surface area contributed by atoms with E-state index in [1.54, 1.807) is 25.4 Å². The van der Waals surface area contributed by atoms with Gasteiger partial charge in [0, 0.05) is 18.4 Å². The third kappa shape index (κ3) is 3.40. The Morgan fingerprint density at radius 3 is 2.75 bits per heavy atom. The van der Waals surface area contributed by atoms with E-state index in [0.29, 0.717) is 11.5 Å². The highest BCUT2D eigenvalue weighted by Gasteiger charge is 2.14. The molecule has 0 aliphatic carbocycles. The van der Waals surface area contributed by atoms with Crippen molar-refractivity contribution >= 4 is 22.9 Å². The molecule has 106 valence electrons. The Bertz CT molecular complexity index is 601. The van der Waals surface area contributed by atoms with Gasteiger partial charge in [0.05, 0.1) is 0 Å². The molecule has 0 saturated heterocycles. The molecule has 0 radical (unpaired) electrons. The average Bonchev–Trinajstić information content (AvgIpc) is 2.46. The second-order valence-corrected chi connectivity index (χ2v) is 4.78. The first-order valence-electron chi connectivity index (χ1n) is 6.75. The molecule has 2 rings (SSSR count). The van der Waals surface area contributed by atoms with Gasteiger partial charge in [0.1, 0.15) is 17.4 Å². The molecule has 20 heavy (non-hydrogen) atoms. The normalized spacial score (nSPS) is 13.8. The number of nitrogens with zero attached hydrogens (tertiary/aromatic N) is 3. The molecule has 2 heterocycles. The molecule has 2 unspecified atom stereocenters. The SMILES string of the molecule is CCC(C)NC(=O)C(C)Nc1ccc2nccnc2n1. The Balaban J connectivity index is 2.05. The maximum absolute atomic E-state index is 12.0. The first-order chi connectivity index (χ1) is 9.60. The molecule has 0 bridgehead atoms. The molecule has 2 atom stereocenters. The predicted octanol–water partition coefficient (Wildman–Crippen LogP) is 1.74. The lowest BCUT2D eigenvalue weighted by Crippen LogP contribution is -2.42. The van der Waals surface area contributed by atoms with Gasteiger partial charge in [-0.15, -0.1) is 0 Å². The summed E-state index contributed by atoms with van der Waals surface area (Å²) in [6.45, 7) is 5.82. The number of rotatable bonds is 5. The summed E-state index contributed by atoms with van der Waals surface area (Å²) in [6, 6.07) is 3.44. The van der Waals surface area contributed by atoms with Crippen LogP contribution in [0, 0.1) is 0 Å². The van der Waals surface area contributed by atoms with Crippen LogP contribution in [0.3, 0.4) is 0 Å². The second-order valence-electron chi connectivity index (χ2n) is 4.78. The van der Waals surface area contributed by atoms with Crippen molar-refractivity contribution in [1.29, 1.82) is 0 Å². The number of carbonyl (C=O) groups is 1. The standard InChI is InChI=1S/C14H19N5O/c1-4-9(2)17-14(20)10(3)18-12-6-5-11-13(19-12)16-8-7-15-11/h5-10H,4H2,1-3H3,(H,17,20)(H,16,18,19). The van der Waals surface area contributed by atoms with Crippen molar-refractivity contribution in [3.63, 3.8) is 0 Å². The fourth-order valence-electron chi connectivity index (χ4n) is 1.69. The van der Waals surface area contributed by atoms with E-state index in [0.717, 1.165) is 11.9 Å². The number of hydrogen-bond acceptors (Lipinski definition) is 5. The highest BCUT2D eigenvalue weighted by molar-refractivity contribution is 5.84. The van der Waals surface area contributed by atoms with E-state index in [1.807, 2.05) is 19.9 Å². The second kappa shape index (κ2) is 6.27. The van der Waals surface area contributed by atoms with E-state index in [2.05, 4.69) is 25.6 Å². The van der Waals surface area contributed by atoms with Crippen LogP contribution in [-0.2, 0) is 4.79 Å². The first-order valence-corrected chi connectivity index (χ1v) is 6.75. The van der Waals surface area contributed by atoms with Crippen molar-refractivity contribution in [2.75, 3.05) is 5.32 Å². The molecule has 0 aromatic carbocycles. The van der Waals surface area contributed by atoms with Crippen molar-refractivity contribution in [3.8, 4) is 0 Å². The molecule has 2 aromatic heterocycles. The number of carbonyl (C=O) groups excluding carboxylic acids is 1. The van der Waals surface area contributed by atoms with E-state index in [9.17, 15) is 4.79 Å². The van der Waals surface area contributed by atoms with Crippen LogP contribution in [-0.4, -0.2) is 32.9 Å². The molecule has 0 aliphatic heterocycles. The van der Waals surface area contributed by atoms with Gasteiger partial charge in [0.15, 0.2) is 5.65 Å². The summed E-state index contributed by atoms with van der Waals surface area (Å²) in [5, 5.41) is 6.00. The van der Waals surface area contributed by atoms with E-state index < -0.39 is 0 Å². The molecule has 6 nitrogen and oxygen atoms in total. The van der Waals surface area contributed by atoms with Crippen LogP contribution in [0.4, 0.5) is 5.82 Å². The summed E-state index contributed by atoms with van der Waals surface area (Å²) >= 11 is 0. The summed E-state index contributed by atoms with van der Waals surface area (Å²) in [6.07, 6.45) is 4.12. The molecule has 0 saturated carbocycles. The Morgan fingerprint density at radius 2 is 2.00 bits per heavy atom. The van der Waals surface area contributed by atoms with Crippen LogP contribution >= 0.6 is 0 Å². The largest absolute Gasteiger partial charge is 0.359 e. The molecule has 6 heteroatoms. The van der Waals surface area contributed by atoms with Crippen LogP contribution in [0.2, 0.25) is 0 Å². The Labute approximate surface area is 118 Å². The molecular formula is C14H19N5O. The monoisotopic (exact) mass is 273 g/mol. The molecule has 0 spiro atoms. The lowest BCUT2D eigenvalue weighted by molar-refractivity contribution is -0.122. The minimum atomic E-state index is -0.356. The third-order valence-corrected chi connectivity index (χ3v) is 3.09. The van der Waals surface area contributed by atoms with Gasteiger partial charge in [-0.1, -0.05) is 6.92 Å². The molecule has 2 N–H and O–H groups in total. The summed E-state index contributed by atoms with van der Waals surface area (Å²) in [7, 11) is 0. The number of amides is 1. The lowest BCUT2D eigenvalue weighted by Gasteiger charge is -2.17. The van der Waals surface area contributed by atoms with Crippen LogP contribution in [0.25, 0.3) is 11.2 Å². The Morgan fingerprint density at radius 1 is 1.25 bits per heavy atom. The molecule has 2 aromatic rings. The van der Waals surface area contributed by atoms with E-state index in [-0.39, 0.29) is 18.0 Å². The van der Waals surface area contributed by atoms with Crippen LogP contribution in [0.5, 0.6) is 0 Å². The number of anilines is 1. The molecule has 0 aliphatic rings. The van der Waals surface area contributed by atoms with E-state index in [1.165, 1.54) is 0 Å². The first kappa shape index (κ1) is 14.2. The van der Waals surface area contributed by atoms with Gasteiger partial charge in [-0.2, -0.15) is 0 Å². The summed E-state index contributed by atoms with van der Waals surface area (Å²) < 4.78 is 0. The zero-order valence-corrected chi connectivity index (χ0v) is 11.9. The summed E-state index contributed by atoms with van der Waals surface area (Å²) in [5.74, 6) is 0.574. The van der Waals surface area contributed by atoms with Crippen molar-refractivity contribution in [1.82, 2.24) is 20.3 Å². The lowest BCUT2D eigenvalue weighted by atomic mass is 10.2. The van der Waals surface area contributed by atoms with E-state index >= 15 is 0 Å². The maximum atomic E-state index is 12.0. The highest BCUT2D eigenvalue weighted by atomic mass is 16.2. The van der Waals surface area contributed by atoms with Crippen molar-refractivity contribution in [3.05, 3.63) is 24.5 Å². The summed E-state index contributed by atoms with van der Waals surface area (Å²) in [4.78, 5) is 24.6. The smallest absolute Gasteiger partial charge is 0.242 e. The number of nitrogens with one attached hydrogen (secondary N) is 2. The van der Waals surface area contributed by atoms with Gasteiger partial charge in [-0.3, -0.25) is 9.78 Å². The van der Waals surface area contributed by atoms with Gasteiger partial charge in [-0.25, -0.2) is 9.97 Å². The average molecular weight is 273 g/mol. The topological polar surface area (TPSA) is 79.8 Å². The maximum Gasteiger partial charge on any atom is 0.242 e. The quantitative estimate of drug-likeness (QED) is 0.867. The van der Waals surface area contributed by atoms with Crippen LogP contribution in [0.1, 0.15) is 27.2 Å². The Hall–Kier alpha value is -2.24. The minimum Gasteiger partial charge on any atom is -0.359 e. The minimum absolute atomic E-state index is 0.0413. The molecular weight excluding hydrogens is 254 g/mol. The fourth-order valence-corrected chi connectivity index (χ4v) is 1.69. The number of pyridine rings is 1. The molecule has 0 fully saturated rings. The van der Waals surface area contributed by atoms with Gasteiger partial charge in [0.2, 0.25) is 5.91 Å².